The standard InChI is InChI=1S/C20H24FN3O4S/c1-13-10-14(2)23-20(26)18(13)11-22-19(25)15-4-3-9-24(12-15)29(27,28)17-7-5-16(21)6-8-17/h5-8,10,15H,3-4,9,11-12H2,1-2H3,(H,22,25)(H,23,26)/t15-/m0/s1. The van der Waals surface area contributed by atoms with E-state index in [9.17, 15) is 22.4 Å². The summed E-state index contributed by atoms with van der Waals surface area (Å²) in [6, 6.07) is 6.48. The Balaban J connectivity index is 1.68. The van der Waals surface area contributed by atoms with Crippen molar-refractivity contribution in [2.75, 3.05) is 13.1 Å². The van der Waals surface area contributed by atoms with Crippen molar-refractivity contribution >= 4 is 15.9 Å². The van der Waals surface area contributed by atoms with Crippen molar-refractivity contribution in [1.82, 2.24) is 14.6 Å². The summed E-state index contributed by atoms with van der Waals surface area (Å²) in [5, 5.41) is 2.76. The molecular formula is C20H24FN3O4S. The molecular weight excluding hydrogens is 397 g/mol. The molecule has 1 aromatic heterocycles. The molecule has 9 heteroatoms. The van der Waals surface area contributed by atoms with E-state index < -0.39 is 21.8 Å². The highest BCUT2D eigenvalue weighted by atomic mass is 32.2. The van der Waals surface area contributed by atoms with Crippen LogP contribution in [0.25, 0.3) is 0 Å². The van der Waals surface area contributed by atoms with Crippen molar-refractivity contribution in [3.63, 3.8) is 0 Å². The average Bonchev–Trinajstić information content (AvgIpc) is 2.67. The molecule has 1 amide bonds. The van der Waals surface area contributed by atoms with Crippen molar-refractivity contribution in [3.05, 3.63) is 63.3 Å². The summed E-state index contributed by atoms with van der Waals surface area (Å²) in [7, 11) is -3.80. The van der Waals surface area contributed by atoms with Crippen LogP contribution in [0.15, 0.2) is 40.0 Å². The molecule has 0 aliphatic carbocycles. The van der Waals surface area contributed by atoms with Gasteiger partial charge in [-0.3, -0.25) is 9.59 Å². The number of hydrogen-bond donors (Lipinski definition) is 2. The number of nitrogens with one attached hydrogen (secondary N) is 2. The monoisotopic (exact) mass is 421 g/mol. The Hall–Kier alpha value is -2.52. The molecule has 1 aromatic carbocycles. The maximum absolute atomic E-state index is 13.1. The Morgan fingerprint density at radius 1 is 1.28 bits per heavy atom. The largest absolute Gasteiger partial charge is 0.352 e. The summed E-state index contributed by atoms with van der Waals surface area (Å²) in [4.78, 5) is 27.4. The lowest BCUT2D eigenvalue weighted by molar-refractivity contribution is -0.126. The van der Waals surface area contributed by atoms with Gasteiger partial charge in [-0.05, 0) is 62.6 Å². The molecule has 0 bridgehead atoms. The van der Waals surface area contributed by atoms with E-state index in [1.54, 1.807) is 13.8 Å². The van der Waals surface area contributed by atoms with E-state index in [0.29, 0.717) is 24.9 Å². The molecule has 1 aliphatic rings. The molecule has 2 heterocycles. The Labute approximate surface area is 169 Å². The van der Waals surface area contributed by atoms with Crippen LogP contribution in [0, 0.1) is 25.6 Å². The summed E-state index contributed by atoms with van der Waals surface area (Å²) in [5.41, 5.74) is 1.77. The highest BCUT2D eigenvalue weighted by Crippen LogP contribution is 2.24. The second-order valence-corrected chi connectivity index (χ2v) is 9.25. The van der Waals surface area contributed by atoms with E-state index in [1.165, 1.54) is 16.4 Å². The minimum atomic E-state index is -3.80. The first-order chi connectivity index (χ1) is 13.7. The fourth-order valence-corrected chi connectivity index (χ4v) is 5.08. The highest BCUT2D eigenvalue weighted by Gasteiger charge is 2.33. The predicted octanol–water partition coefficient (Wildman–Crippen LogP) is 1.85. The molecule has 7 nitrogen and oxygen atoms in total. The molecule has 0 saturated carbocycles. The third kappa shape index (κ3) is 4.73. The van der Waals surface area contributed by atoms with Crippen LogP contribution < -0.4 is 10.9 Å². The van der Waals surface area contributed by atoms with Crippen molar-refractivity contribution in [3.8, 4) is 0 Å². The molecule has 156 valence electrons. The number of aromatic amines is 1. The van der Waals surface area contributed by atoms with Crippen LogP contribution in [-0.4, -0.2) is 36.7 Å². The van der Waals surface area contributed by atoms with Gasteiger partial charge in [0.15, 0.2) is 0 Å². The fourth-order valence-electron chi connectivity index (χ4n) is 3.55. The molecule has 1 aliphatic heterocycles. The van der Waals surface area contributed by atoms with Gasteiger partial charge in [-0.15, -0.1) is 0 Å². The fraction of sp³-hybridized carbons (Fsp3) is 0.400. The first kappa shape index (κ1) is 21.2. The minimum Gasteiger partial charge on any atom is -0.352 e. The Kier molecular flexibility index (Phi) is 6.18. The number of hydrogen-bond acceptors (Lipinski definition) is 4. The summed E-state index contributed by atoms with van der Waals surface area (Å²) >= 11 is 0. The van der Waals surface area contributed by atoms with E-state index >= 15 is 0 Å². The lowest BCUT2D eigenvalue weighted by atomic mass is 9.98. The SMILES string of the molecule is Cc1cc(C)c(CNC(=O)[C@H]2CCCN(S(=O)(=O)c3ccc(F)cc3)C2)c(=O)[nH]1. The number of H-pyrrole nitrogens is 1. The molecule has 1 saturated heterocycles. The van der Waals surface area contributed by atoms with Gasteiger partial charge in [0.2, 0.25) is 15.9 Å². The van der Waals surface area contributed by atoms with Crippen molar-refractivity contribution < 1.29 is 17.6 Å². The Bertz CT molecular complexity index is 1060. The quantitative estimate of drug-likeness (QED) is 0.770. The van der Waals surface area contributed by atoms with Gasteiger partial charge >= 0.3 is 0 Å². The van der Waals surface area contributed by atoms with Crippen LogP contribution in [0.3, 0.4) is 0 Å². The van der Waals surface area contributed by atoms with Crippen LogP contribution in [0.4, 0.5) is 4.39 Å². The average molecular weight is 421 g/mol. The topological polar surface area (TPSA) is 99.3 Å². The van der Waals surface area contributed by atoms with E-state index in [4.69, 9.17) is 0 Å². The number of halogens is 1. The third-order valence-electron chi connectivity index (χ3n) is 5.14. The van der Waals surface area contributed by atoms with Crippen LogP contribution in [-0.2, 0) is 21.4 Å². The van der Waals surface area contributed by atoms with Gasteiger partial charge in [0.05, 0.1) is 10.8 Å². The highest BCUT2D eigenvalue weighted by molar-refractivity contribution is 7.89. The van der Waals surface area contributed by atoms with Gasteiger partial charge in [-0.1, -0.05) is 0 Å². The van der Waals surface area contributed by atoms with Gasteiger partial charge in [0.25, 0.3) is 5.56 Å². The number of sulfonamides is 1. The first-order valence-corrected chi connectivity index (χ1v) is 10.9. The number of benzene rings is 1. The van der Waals surface area contributed by atoms with Crippen molar-refractivity contribution in [2.24, 2.45) is 5.92 Å². The lowest BCUT2D eigenvalue weighted by Crippen LogP contribution is -2.45. The molecule has 0 radical (unpaired) electrons. The number of rotatable bonds is 5. The minimum absolute atomic E-state index is 0.00164. The Morgan fingerprint density at radius 2 is 1.97 bits per heavy atom. The van der Waals surface area contributed by atoms with Gasteiger partial charge < -0.3 is 10.3 Å². The number of nitrogens with zero attached hydrogens (tertiary/aromatic N) is 1. The molecule has 3 rings (SSSR count). The summed E-state index contributed by atoms with van der Waals surface area (Å²) < 4.78 is 40.0. The number of aromatic nitrogens is 1. The van der Waals surface area contributed by atoms with Crippen LogP contribution in [0.5, 0.6) is 0 Å². The van der Waals surface area contributed by atoms with Gasteiger partial charge in [0.1, 0.15) is 5.82 Å². The second-order valence-electron chi connectivity index (χ2n) is 7.32. The molecule has 2 N–H and O–H groups in total. The molecule has 0 spiro atoms. The molecule has 1 fully saturated rings. The Morgan fingerprint density at radius 3 is 2.62 bits per heavy atom. The summed E-state index contributed by atoms with van der Waals surface area (Å²) in [6.45, 7) is 4.03. The zero-order valence-corrected chi connectivity index (χ0v) is 17.2. The number of amides is 1. The first-order valence-electron chi connectivity index (χ1n) is 9.41. The second kappa shape index (κ2) is 8.46. The van der Waals surface area contributed by atoms with E-state index in [0.717, 1.165) is 23.4 Å². The third-order valence-corrected chi connectivity index (χ3v) is 7.02. The van der Waals surface area contributed by atoms with Gasteiger partial charge in [0, 0.05) is 30.9 Å². The molecule has 2 aromatic rings. The number of aryl methyl sites for hydroxylation is 2. The van der Waals surface area contributed by atoms with Crippen molar-refractivity contribution in [1.29, 1.82) is 0 Å². The van der Waals surface area contributed by atoms with Gasteiger partial charge in [-0.25, -0.2) is 12.8 Å². The number of pyridine rings is 1. The van der Waals surface area contributed by atoms with Crippen molar-refractivity contribution in [2.45, 2.75) is 38.1 Å². The normalized spacial score (nSPS) is 17.8. The molecule has 0 unspecified atom stereocenters. The van der Waals surface area contributed by atoms with Crippen LogP contribution >= 0.6 is 0 Å². The predicted molar refractivity (Wildman–Crippen MR) is 106 cm³/mol. The smallest absolute Gasteiger partial charge is 0.253 e. The van der Waals surface area contributed by atoms with Crippen LogP contribution in [0.2, 0.25) is 0 Å². The summed E-state index contributed by atoms with van der Waals surface area (Å²) in [5.74, 6) is -1.31. The number of carbonyl (C=O) groups is 1. The van der Waals surface area contributed by atoms with E-state index in [-0.39, 0.29) is 29.5 Å². The zero-order valence-electron chi connectivity index (χ0n) is 16.4. The van der Waals surface area contributed by atoms with Crippen LogP contribution in [0.1, 0.15) is 29.7 Å². The van der Waals surface area contributed by atoms with Gasteiger partial charge in [-0.2, -0.15) is 4.31 Å². The van der Waals surface area contributed by atoms with E-state index in [2.05, 4.69) is 10.3 Å². The molecule has 29 heavy (non-hydrogen) atoms. The lowest BCUT2D eigenvalue weighted by Gasteiger charge is -2.31. The zero-order chi connectivity index (χ0) is 21.2. The summed E-state index contributed by atoms with van der Waals surface area (Å²) in [6.07, 6.45) is 1.10. The maximum Gasteiger partial charge on any atom is 0.253 e. The maximum atomic E-state index is 13.1. The number of carbonyl (C=O) groups excluding carboxylic acids is 1. The number of piperidine rings is 1. The van der Waals surface area contributed by atoms with E-state index in [1.807, 2.05) is 6.07 Å². The molecule has 1 atom stereocenters.